The second-order valence-electron chi connectivity index (χ2n) is 28.2. The monoisotopic (exact) mass is 1550 g/mol. The van der Waals surface area contributed by atoms with Gasteiger partial charge >= 0.3 is 5.97 Å². The lowest BCUT2D eigenvalue weighted by atomic mass is 10.1. The molecule has 29 heteroatoms. The molecule has 2 saturated carbocycles. The fraction of sp³-hybridized carbons (Fsp3) is 0.341. The number of ether oxygens (including phenoxy) is 4. The number of carbonyl (C=O) groups is 8. The van der Waals surface area contributed by atoms with E-state index in [1.807, 2.05) is 109 Å². The summed E-state index contributed by atoms with van der Waals surface area (Å²) in [6.45, 7) is 8.01. The Bertz CT molecular complexity index is 5130. The lowest BCUT2D eigenvalue weighted by Gasteiger charge is -2.26. The zero-order chi connectivity index (χ0) is 78.6. The Hall–Kier alpha value is -11.6. The number of pyridine rings is 2. The summed E-state index contributed by atoms with van der Waals surface area (Å²) in [7, 11) is -5.83. The lowest BCUT2D eigenvalue weighted by molar-refractivity contribution is -0.139. The molecule has 580 valence electrons. The van der Waals surface area contributed by atoms with E-state index in [4.69, 9.17) is 34.0 Å². The van der Waals surface area contributed by atoms with Crippen molar-refractivity contribution in [2.24, 2.45) is 11.8 Å². The fourth-order valence-corrected chi connectivity index (χ4v) is 16.7. The highest BCUT2D eigenvalue weighted by Crippen LogP contribution is 2.47. The molecule has 13 rings (SSSR count). The number of aromatic nitrogens is 2. The van der Waals surface area contributed by atoms with Crippen LogP contribution in [0.25, 0.3) is 44.3 Å². The molecular weight excluding hydrogens is 1460 g/mol. The number of methoxy groups -OCH3 is 2. The van der Waals surface area contributed by atoms with Gasteiger partial charge in [0.05, 0.1) is 60.6 Å². The number of amides is 7. The molecule has 8 N–H and O–H groups in total. The molecule has 5 aliphatic rings. The van der Waals surface area contributed by atoms with Crippen LogP contribution in [0.3, 0.4) is 0 Å². The van der Waals surface area contributed by atoms with Crippen molar-refractivity contribution in [2.75, 3.05) is 37.9 Å². The van der Waals surface area contributed by atoms with Crippen LogP contribution in [0.15, 0.2) is 193 Å². The number of fused-ring (bicyclic) bond motifs is 4. The van der Waals surface area contributed by atoms with Crippen LogP contribution in [0.4, 0.5) is 11.4 Å². The fourth-order valence-electron chi connectivity index (χ4n) is 14.3. The Morgan fingerprint density at radius 3 is 1.86 bits per heavy atom. The second kappa shape index (κ2) is 34.6. The number of benzene rings is 6. The van der Waals surface area contributed by atoms with Crippen LogP contribution < -0.4 is 55.0 Å². The van der Waals surface area contributed by atoms with Gasteiger partial charge < -0.3 is 55.5 Å². The normalized spacial score (nSPS) is 22.3. The number of hydrogen-bond donors (Lipinski definition) is 8. The Labute approximate surface area is 642 Å². The molecule has 8 aromatic rings. The number of carboxylic acid groups (broad SMARTS) is 1. The molecule has 6 aromatic carbocycles. The van der Waals surface area contributed by atoms with Gasteiger partial charge in [-0.3, -0.25) is 38.4 Å². The molecule has 0 radical (unpaired) electrons. The SMILES string of the molecule is C=C[C@@H]1C[C@@]12NC(=O)[C@@H]1C[C@@H](Oc3cc(-c4ccccc4)nc4cc(OC)ccc34)CN1C(=O)CCCCCCC(=O)Nc1ccccc1S(=O)(=O)NC2=O.C=C[C@@H]1C[C@]1(NC(=O)[C@@H]1C[C@@H](Oc2cc(-c3ccccc3)nc3cc(OC)ccc23)CN1)C(=O)NS(=O)(=O)c1ccccc1NC(=O)CCCCCCC(=O)O. The van der Waals surface area contributed by atoms with E-state index in [2.05, 4.69) is 49.2 Å². The number of carboxylic acids is 1. The van der Waals surface area contributed by atoms with Gasteiger partial charge in [0, 0.05) is 103 Å². The summed E-state index contributed by atoms with van der Waals surface area (Å²) in [6.07, 6.45) is 7.83. The van der Waals surface area contributed by atoms with Crippen LogP contribution in [-0.4, -0.2) is 147 Å². The first-order valence-corrected chi connectivity index (χ1v) is 39.9. The van der Waals surface area contributed by atoms with Crippen molar-refractivity contribution in [3.8, 4) is 45.5 Å². The van der Waals surface area contributed by atoms with Gasteiger partial charge in [0.2, 0.25) is 29.5 Å². The molecule has 0 unspecified atom stereocenters. The summed E-state index contributed by atoms with van der Waals surface area (Å²) in [5.41, 5.74) is 1.35. The zero-order valence-electron chi connectivity index (χ0n) is 61.4. The van der Waals surface area contributed by atoms with Crippen LogP contribution in [-0.2, 0) is 58.4 Å². The van der Waals surface area contributed by atoms with Gasteiger partial charge in [-0.1, -0.05) is 123 Å². The molecule has 1 spiro atoms. The van der Waals surface area contributed by atoms with E-state index in [1.165, 1.54) is 53.5 Å². The van der Waals surface area contributed by atoms with Gasteiger partial charge in [0.1, 0.15) is 62.1 Å². The average molecular weight is 1550 g/mol. The molecule has 2 aliphatic carbocycles. The molecular formula is C82H88N10O17S2. The zero-order valence-corrected chi connectivity index (χ0v) is 63.0. The van der Waals surface area contributed by atoms with Gasteiger partial charge in [0.15, 0.2) is 0 Å². The molecule has 2 aromatic heterocycles. The number of para-hydroxylation sites is 2. The standard InChI is InChI=1S/C41H45N5O9S.C41H43N5O8S/c1-3-27-24-41(27,40(51)46-56(52,53)36-16-12-11-15-31(36)44-37(47)17-9-4-5-10-18-38(48)49)45-39(50)34-22-29(25-42-34)55-35-23-32(26-13-7-6-8-14-26)43-33-21-28(54-2)19-20-30(33)35;1-3-27-24-41(27)40(50)45-55(51,52)36-16-12-11-15-31(36)43-37(47)17-9-4-5-10-18-38(48)46-25-29(22-34(46)39(49)44-41)54-35-23-32(26-13-7-6-8-14-26)42-33-21-28(53-2)19-20-30(33)35/h3,6-8,11-16,19-21,23,27,29,34,42H,1,4-5,9-10,17-18,22,24-25H2,2H3,(H,44,47)(H,45,50)(H,46,51)(H,48,49);3,6-8,11-16,19-21,23,27,29,34H,1,4-5,9-10,17-18,22,24-25H2,2H3,(H,43,47)(H,44,49)(H,45,50)/t2*27-,29-,34+,41-/m11/s1. The highest BCUT2D eigenvalue weighted by molar-refractivity contribution is 7.90. The number of anilines is 2. The number of unbranched alkanes of at least 4 members (excludes halogenated alkanes) is 3. The minimum absolute atomic E-state index is 0.00368. The number of nitrogens with zero attached hydrogens (tertiary/aromatic N) is 3. The van der Waals surface area contributed by atoms with Crippen LogP contribution >= 0.6 is 0 Å². The Balaban J connectivity index is 0.000000206. The van der Waals surface area contributed by atoms with Crippen molar-refractivity contribution in [1.82, 2.24) is 40.3 Å². The summed E-state index contributed by atoms with van der Waals surface area (Å²) in [5.74, 6) is -3.57. The first-order valence-electron chi connectivity index (χ1n) is 36.9. The molecule has 2 saturated heterocycles. The highest BCUT2D eigenvalue weighted by Gasteiger charge is 2.63. The van der Waals surface area contributed by atoms with Crippen LogP contribution in [0.2, 0.25) is 0 Å². The summed E-state index contributed by atoms with van der Waals surface area (Å²) in [5, 5.41) is 24.3. The molecule has 4 fully saturated rings. The van der Waals surface area contributed by atoms with E-state index in [1.54, 1.807) is 26.4 Å². The molecule has 3 aliphatic heterocycles. The van der Waals surface area contributed by atoms with Gasteiger partial charge in [0.25, 0.3) is 31.9 Å². The van der Waals surface area contributed by atoms with Crippen LogP contribution in [0.1, 0.15) is 103 Å². The van der Waals surface area contributed by atoms with Crippen molar-refractivity contribution in [3.63, 3.8) is 0 Å². The average Bonchev–Trinajstić information content (AvgIpc) is 1.58. The second-order valence-corrected chi connectivity index (χ2v) is 31.5. The number of hydrogen-bond acceptors (Lipinski definition) is 19. The number of sulfonamides is 2. The van der Waals surface area contributed by atoms with Crippen molar-refractivity contribution in [3.05, 3.63) is 183 Å². The molecule has 8 atom stereocenters. The van der Waals surface area contributed by atoms with E-state index in [0.29, 0.717) is 103 Å². The van der Waals surface area contributed by atoms with Crippen LogP contribution in [0.5, 0.6) is 23.0 Å². The largest absolute Gasteiger partial charge is 0.497 e. The number of carbonyl (C=O) groups excluding carboxylic acids is 7. The minimum atomic E-state index is -4.50. The maximum absolute atomic E-state index is 14.3. The van der Waals surface area contributed by atoms with E-state index in [9.17, 15) is 55.2 Å². The molecule has 7 amide bonds. The van der Waals surface area contributed by atoms with E-state index >= 15 is 0 Å². The summed E-state index contributed by atoms with van der Waals surface area (Å²) < 4.78 is 82.7. The van der Waals surface area contributed by atoms with Crippen molar-refractivity contribution in [1.29, 1.82) is 0 Å². The van der Waals surface area contributed by atoms with Gasteiger partial charge in [-0.25, -0.2) is 36.2 Å². The van der Waals surface area contributed by atoms with Crippen molar-refractivity contribution >= 4 is 101 Å². The third-order valence-electron chi connectivity index (χ3n) is 20.5. The minimum Gasteiger partial charge on any atom is -0.497 e. The van der Waals surface area contributed by atoms with E-state index in [0.717, 1.165) is 21.9 Å². The Morgan fingerprint density at radius 2 is 1.26 bits per heavy atom. The maximum atomic E-state index is 14.3. The number of rotatable bonds is 23. The first-order chi connectivity index (χ1) is 53.4. The van der Waals surface area contributed by atoms with Gasteiger partial charge in [-0.15, -0.1) is 13.2 Å². The van der Waals surface area contributed by atoms with Gasteiger partial charge in [-0.05, 0) is 87.1 Å². The quantitative estimate of drug-likeness (QED) is 0.0218. The summed E-state index contributed by atoms with van der Waals surface area (Å²) >= 11 is 0. The molecule has 27 nitrogen and oxygen atoms in total. The Kier molecular flexibility index (Phi) is 24.6. The summed E-state index contributed by atoms with van der Waals surface area (Å²) in [6, 6.07) is 43.9. The Morgan fingerprint density at radius 1 is 0.676 bits per heavy atom. The number of nitrogens with one attached hydrogen (secondary N) is 7. The number of aliphatic carboxylic acids is 1. The maximum Gasteiger partial charge on any atom is 0.303 e. The van der Waals surface area contributed by atoms with E-state index < -0.39 is 103 Å². The predicted molar refractivity (Wildman–Crippen MR) is 415 cm³/mol. The molecule has 0 bridgehead atoms. The van der Waals surface area contributed by atoms with E-state index in [-0.39, 0.29) is 90.9 Å². The predicted octanol–water partition coefficient (Wildman–Crippen LogP) is 10.1. The van der Waals surface area contributed by atoms with Crippen molar-refractivity contribution in [2.45, 2.75) is 148 Å². The highest BCUT2D eigenvalue weighted by atomic mass is 32.2. The third kappa shape index (κ3) is 18.7. The first kappa shape index (κ1) is 79.0. The lowest BCUT2D eigenvalue weighted by Crippen LogP contribution is -2.56. The van der Waals surface area contributed by atoms with Crippen LogP contribution in [0, 0.1) is 11.8 Å². The van der Waals surface area contributed by atoms with Gasteiger partial charge in [-0.2, -0.15) is 0 Å². The topological polar surface area (TPSA) is 375 Å². The molecule has 111 heavy (non-hydrogen) atoms. The molecule has 5 heterocycles. The smallest absolute Gasteiger partial charge is 0.303 e. The van der Waals surface area contributed by atoms with Crippen molar-refractivity contribution < 1.29 is 79.2 Å². The summed E-state index contributed by atoms with van der Waals surface area (Å²) in [4.78, 5) is 116. The third-order valence-corrected chi connectivity index (χ3v) is 23.3.